The number of ether oxygens (including phenoxy) is 2. The van der Waals surface area contributed by atoms with Gasteiger partial charge in [0, 0.05) is 57.4 Å². The van der Waals surface area contributed by atoms with Gasteiger partial charge in [0.2, 0.25) is 5.91 Å². The molecule has 0 bridgehead atoms. The van der Waals surface area contributed by atoms with Gasteiger partial charge in [-0.2, -0.15) is 0 Å². The van der Waals surface area contributed by atoms with Crippen LogP contribution in [0, 0.1) is 0 Å². The number of nitrogens with one attached hydrogen (secondary N) is 3. The molecule has 0 saturated carbocycles. The van der Waals surface area contributed by atoms with Crippen LogP contribution in [0.1, 0.15) is 26.2 Å². The van der Waals surface area contributed by atoms with Crippen molar-refractivity contribution < 1.29 is 19.1 Å². The Morgan fingerprint density at radius 3 is 2.42 bits per heavy atom. The zero-order chi connectivity index (χ0) is 32.8. The molecular formula is C31H44Cl2N8O4. The highest BCUT2D eigenvalue weighted by molar-refractivity contribution is 6.41. The molecule has 45 heavy (non-hydrogen) atoms. The quantitative estimate of drug-likeness (QED) is 0.131. The molecule has 1 aliphatic rings. The summed E-state index contributed by atoms with van der Waals surface area (Å²) >= 11 is 13.1. The largest absolute Gasteiger partial charge is 0.495 e. The van der Waals surface area contributed by atoms with Gasteiger partial charge < -0.3 is 35.2 Å². The summed E-state index contributed by atoms with van der Waals surface area (Å²) in [4.78, 5) is 40.2. The summed E-state index contributed by atoms with van der Waals surface area (Å²) in [6, 6.07) is 2.79. The first kappa shape index (κ1) is 35.9. The van der Waals surface area contributed by atoms with Gasteiger partial charge in [0.05, 0.1) is 19.9 Å². The Morgan fingerprint density at radius 2 is 1.78 bits per heavy atom. The number of nitrogens with zero attached hydrogens (tertiary/aromatic N) is 5. The molecule has 1 unspecified atom stereocenters. The predicted octanol–water partition coefficient (Wildman–Crippen LogP) is 4.92. The van der Waals surface area contributed by atoms with Crippen LogP contribution in [-0.2, 0) is 4.79 Å². The number of allylic oxidation sites excluding steroid dienone is 1. The van der Waals surface area contributed by atoms with Gasteiger partial charge in [-0.1, -0.05) is 41.9 Å². The van der Waals surface area contributed by atoms with E-state index in [9.17, 15) is 9.59 Å². The molecule has 246 valence electrons. The molecule has 2 aromatic rings. The van der Waals surface area contributed by atoms with Crippen molar-refractivity contribution in [2.75, 3.05) is 82.6 Å². The van der Waals surface area contributed by atoms with Crippen molar-refractivity contribution in [2.45, 2.75) is 32.2 Å². The van der Waals surface area contributed by atoms with Crippen LogP contribution < -0.4 is 30.3 Å². The molecule has 3 amide bonds. The maximum Gasteiger partial charge on any atom is 0.327 e. The summed E-state index contributed by atoms with van der Waals surface area (Å²) in [6.07, 6.45) is 9.10. The number of piperazine rings is 1. The number of amides is 3. The Balaban J connectivity index is 1.75. The first-order valence-corrected chi connectivity index (χ1v) is 15.7. The lowest BCUT2D eigenvalue weighted by molar-refractivity contribution is -0.116. The van der Waals surface area contributed by atoms with E-state index >= 15 is 0 Å². The van der Waals surface area contributed by atoms with E-state index in [-0.39, 0.29) is 27.7 Å². The van der Waals surface area contributed by atoms with Crippen molar-refractivity contribution >= 4 is 52.5 Å². The van der Waals surface area contributed by atoms with E-state index in [0.29, 0.717) is 36.2 Å². The van der Waals surface area contributed by atoms with Gasteiger partial charge in [-0.05, 0) is 45.9 Å². The minimum absolute atomic E-state index is 0.0445. The van der Waals surface area contributed by atoms with Crippen molar-refractivity contribution in [3.05, 3.63) is 53.3 Å². The van der Waals surface area contributed by atoms with Gasteiger partial charge in [0.15, 0.2) is 0 Å². The lowest BCUT2D eigenvalue weighted by Gasteiger charge is -2.33. The van der Waals surface area contributed by atoms with Gasteiger partial charge >= 0.3 is 6.03 Å². The van der Waals surface area contributed by atoms with Crippen LogP contribution in [0.5, 0.6) is 11.5 Å². The second-order valence-electron chi connectivity index (χ2n) is 10.6. The molecule has 1 aromatic heterocycles. The lowest BCUT2D eigenvalue weighted by atomic mass is 10.2. The number of hydrogen-bond acceptors (Lipinski definition) is 9. The number of aromatic nitrogens is 2. The number of methoxy groups -OCH3 is 2. The fourth-order valence-corrected chi connectivity index (χ4v) is 5.27. The van der Waals surface area contributed by atoms with Crippen molar-refractivity contribution in [1.29, 1.82) is 0 Å². The van der Waals surface area contributed by atoms with E-state index in [2.05, 4.69) is 49.3 Å². The highest BCUT2D eigenvalue weighted by Gasteiger charge is 2.24. The lowest BCUT2D eigenvalue weighted by Crippen LogP contribution is -2.45. The standard InChI is InChI=1S/C31H44Cl2N8O4/c1-6-27(42)34-12-9-7-8-11-22(2)37-25-20-26(36-21-35-25)41(14-10-13-40-17-15-39(3)16-18-40)31(43)38-30-28(32)23(44-4)19-24(45-5)29(30)33/h6,8,11,19-22H,1,7,9-10,12-18H2,2-5H3,(H,34,42)(H,38,43)(H,35,36,37). The normalized spacial score (nSPS) is 14.5. The maximum absolute atomic E-state index is 13.8. The summed E-state index contributed by atoms with van der Waals surface area (Å²) in [5, 5.41) is 9.26. The molecule has 3 rings (SSSR count). The Labute approximate surface area is 275 Å². The van der Waals surface area contributed by atoms with Gasteiger partial charge in [-0.25, -0.2) is 14.8 Å². The molecule has 14 heteroatoms. The average molecular weight is 664 g/mol. The van der Waals surface area contributed by atoms with E-state index in [0.717, 1.165) is 52.0 Å². The smallest absolute Gasteiger partial charge is 0.327 e. The molecule has 12 nitrogen and oxygen atoms in total. The first-order chi connectivity index (χ1) is 21.7. The SMILES string of the molecule is C=CC(=O)NCCCC=CC(C)Nc1cc(N(CCCN2CCN(C)CC2)C(=O)Nc2c(Cl)c(OC)cc(OC)c2Cl)ncn1. The fraction of sp³-hybridized carbons (Fsp3) is 0.484. The number of unbranched alkanes of at least 4 members (excludes halogenated alkanes) is 1. The summed E-state index contributed by atoms with van der Waals surface area (Å²) in [7, 11) is 5.07. The van der Waals surface area contributed by atoms with Gasteiger partial charge in [-0.15, -0.1) is 0 Å². The molecule has 1 aromatic carbocycles. The van der Waals surface area contributed by atoms with Crippen molar-refractivity contribution in [2.24, 2.45) is 0 Å². The van der Waals surface area contributed by atoms with Crippen LogP contribution in [0.4, 0.5) is 22.1 Å². The third kappa shape index (κ3) is 11.1. The number of halogens is 2. The van der Waals surface area contributed by atoms with Crippen LogP contribution in [-0.4, -0.2) is 105 Å². The molecule has 1 saturated heterocycles. The Morgan fingerprint density at radius 1 is 1.09 bits per heavy atom. The van der Waals surface area contributed by atoms with E-state index in [1.165, 1.54) is 26.6 Å². The second-order valence-corrected chi connectivity index (χ2v) is 11.4. The highest BCUT2D eigenvalue weighted by Crippen LogP contribution is 2.44. The van der Waals surface area contributed by atoms with Gasteiger partial charge in [0.1, 0.15) is 39.5 Å². The summed E-state index contributed by atoms with van der Waals surface area (Å²) < 4.78 is 10.7. The summed E-state index contributed by atoms with van der Waals surface area (Å²) in [5.74, 6) is 1.43. The zero-order valence-corrected chi connectivity index (χ0v) is 28.0. The third-order valence-corrected chi connectivity index (χ3v) is 8.01. The maximum atomic E-state index is 13.8. The minimum Gasteiger partial charge on any atom is -0.495 e. The number of urea groups is 1. The van der Waals surface area contributed by atoms with Crippen molar-refractivity contribution in [3.63, 3.8) is 0 Å². The molecular weight excluding hydrogens is 619 g/mol. The van der Waals surface area contributed by atoms with Crippen LogP contribution in [0.15, 0.2) is 43.3 Å². The molecule has 1 fully saturated rings. The number of hydrogen-bond donors (Lipinski definition) is 3. The highest BCUT2D eigenvalue weighted by atomic mass is 35.5. The van der Waals surface area contributed by atoms with Crippen molar-refractivity contribution in [1.82, 2.24) is 25.1 Å². The molecule has 1 aliphatic heterocycles. The Bertz CT molecular complexity index is 1290. The number of benzene rings is 1. The topological polar surface area (TPSA) is 124 Å². The number of rotatable bonds is 16. The third-order valence-electron chi connectivity index (χ3n) is 7.26. The van der Waals surface area contributed by atoms with E-state index in [1.807, 2.05) is 19.1 Å². The minimum atomic E-state index is -0.464. The van der Waals surface area contributed by atoms with E-state index < -0.39 is 6.03 Å². The number of likely N-dealkylation sites (N-methyl/N-ethyl adjacent to an activating group) is 1. The summed E-state index contributed by atoms with van der Waals surface area (Å²) in [6.45, 7) is 11.2. The fourth-order valence-electron chi connectivity index (χ4n) is 4.67. The number of carbonyl (C=O) groups excluding carboxylic acids is 2. The second kappa shape index (κ2) is 18.4. The monoisotopic (exact) mass is 662 g/mol. The molecule has 3 N–H and O–H groups in total. The summed E-state index contributed by atoms with van der Waals surface area (Å²) in [5.41, 5.74) is 0.179. The molecule has 0 aliphatic carbocycles. The molecule has 1 atom stereocenters. The van der Waals surface area contributed by atoms with Crippen molar-refractivity contribution in [3.8, 4) is 11.5 Å². The van der Waals surface area contributed by atoms with Gasteiger partial charge in [0.25, 0.3) is 0 Å². The van der Waals surface area contributed by atoms with E-state index in [1.54, 1.807) is 17.0 Å². The zero-order valence-electron chi connectivity index (χ0n) is 26.4. The number of anilines is 3. The van der Waals surface area contributed by atoms with Gasteiger partial charge in [-0.3, -0.25) is 9.69 Å². The van der Waals surface area contributed by atoms with Crippen LogP contribution in [0.25, 0.3) is 0 Å². The Kier molecular flexibility index (Phi) is 14.7. The predicted molar refractivity (Wildman–Crippen MR) is 181 cm³/mol. The van der Waals surface area contributed by atoms with Crippen LogP contribution >= 0.6 is 23.2 Å². The average Bonchev–Trinajstić information content (AvgIpc) is 3.03. The van der Waals surface area contributed by atoms with Crippen LogP contribution in [0.3, 0.4) is 0 Å². The number of carbonyl (C=O) groups is 2. The first-order valence-electron chi connectivity index (χ1n) is 14.9. The van der Waals surface area contributed by atoms with E-state index in [4.69, 9.17) is 32.7 Å². The van der Waals surface area contributed by atoms with Crippen LogP contribution in [0.2, 0.25) is 10.0 Å². The molecule has 0 radical (unpaired) electrons. The molecule has 0 spiro atoms. The molecule has 2 heterocycles. The Hall–Kier alpha value is -3.58.